The van der Waals surface area contributed by atoms with Crippen LogP contribution in [0.4, 0.5) is 0 Å². The summed E-state index contributed by atoms with van der Waals surface area (Å²) in [4.78, 5) is 18.4. The second-order valence-electron chi connectivity index (χ2n) is 5.09. The summed E-state index contributed by atoms with van der Waals surface area (Å²) < 4.78 is 21.9. The van der Waals surface area contributed by atoms with Crippen LogP contribution >= 0.6 is 7.82 Å². The lowest BCUT2D eigenvalue weighted by Gasteiger charge is -2.30. The molecule has 118 valence electrons. The molecule has 0 bridgehead atoms. The van der Waals surface area contributed by atoms with E-state index in [1.54, 1.807) is 31.2 Å². The topological polar surface area (TPSA) is 76.0 Å². The fourth-order valence-electron chi connectivity index (χ4n) is 2.18. The molecule has 2 N–H and O–H groups in total. The molecule has 0 radical (unpaired) electrons. The third-order valence-electron chi connectivity index (χ3n) is 3.30. The molecule has 0 aromatic heterocycles. The van der Waals surface area contributed by atoms with E-state index < -0.39 is 13.4 Å². The Morgan fingerprint density at radius 2 is 1.55 bits per heavy atom. The van der Waals surface area contributed by atoms with Crippen molar-refractivity contribution in [2.75, 3.05) is 6.61 Å². The van der Waals surface area contributed by atoms with Gasteiger partial charge in [-0.2, -0.15) is 0 Å². The van der Waals surface area contributed by atoms with E-state index >= 15 is 0 Å². The van der Waals surface area contributed by atoms with E-state index in [-0.39, 0.29) is 6.61 Å². The maximum absolute atomic E-state index is 11.3. The van der Waals surface area contributed by atoms with Gasteiger partial charge in [0.05, 0.1) is 6.61 Å². The van der Waals surface area contributed by atoms with Gasteiger partial charge in [0, 0.05) is 6.42 Å². The highest BCUT2D eigenvalue weighted by molar-refractivity contribution is 7.46. The van der Waals surface area contributed by atoms with E-state index in [1.165, 1.54) is 0 Å². The number of rotatable bonds is 7. The van der Waals surface area contributed by atoms with Crippen molar-refractivity contribution >= 4 is 7.82 Å². The highest BCUT2D eigenvalue weighted by atomic mass is 31.2. The normalized spacial score (nSPS) is 14.3. The van der Waals surface area contributed by atoms with E-state index in [4.69, 9.17) is 9.26 Å². The van der Waals surface area contributed by atoms with Crippen LogP contribution < -0.4 is 4.74 Å². The summed E-state index contributed by atoms with van der Waals surface area (Å²) in [6, 6.07) is 18.2. The number of phosphoric acid groups is 1. The molecule has 0 heterocycles. The van der Waals surface area contributed by atoms with Crippen molar-refractivity contribution in [3.63, 3.8) is 0 Å². The Hall–Kier alpha value is -1.65. The molecular weight excluding hydrogens is 303 g/mol. The van der Waals surface area contributed by atoms with Crippen molar-refractivity contribution in [2.45, 2.75) is 18.9 Å². The summed E-state index contributed by atoms with van der Waals surface area (Å²) in [6.07, 6.45) is 0.303. The van der Waals surface area contributed by atoms with Crippen molar-refractivity contribution in [3.05, 3.63) is 66.2 Å². The minimum Gasteiger partial charge on any atom is -0.493 e. The van der Waals surface area contributed by atoms with Crippen LogP contribution in [0.2, 0.25) is 0 Å². The molecule has 0 amide bonds. The summed E-state index contributed by atoms with van der Waals surface area (Å²) >= 11 is 0. The van der Waals surface area contributed by atoms with Crippen LogP contribution in [0.15, 0.2) is 60.7 Å². The van der Waals surface area contributed by atoms with E-state index in [0.29, 0.717) is 17.7 Å². The van der Waals surface area contributed by atoms with Crippen LogP contribution in [-0.4, -0.2) is 16.4 Å². The van der Waals surface area contributed by atoms with Gasteiger partial charge in [-0.1, -0.05) is 48.5 Å². The van der Waals surface area contributed by atoms with Gasteiger partial charge in [0.25, 0.3) is 0 Å². The molecule has 0 saturated carbocycles. The van der Waals surface area contributed by atoms with Crippen LogP contribution in [-0.2, 0) is 14.7 Å². The smallest absolute Gasteiger partial charge is 0.470 e. The van der Waals surface area contributed by atoms with Crippen LogP contribution in [0, 0.1) is 0 Å². The van der Waals surface area contributed by atoms with Crippen molar-refractivity contribution in [1.29, 1.82) is 0 Å². The zero-order valence-electron chi connectivity index (χ0n) is 12.3. The summed E-state index contributed by atoms with van der Waals surface area (Å²) in [5, 5.41) is 0. The van der Waals surface area contributed by atoms with E-state index in [0.717, 1.165) is 0 Å². The average molecular weight is 322 g/mol. The molecule has 2 aromatic carbocycles. The molecule has 1 unspecified atom stereocenters. The number of para-hydroxylation sites is 1. The van der Waals surface area contributed by atoms with Gasteiger partial charge in [-0.3, -0.25) is 4.52 Å². The van der Waals surface area contributed by atoms with Crippen LogP contribution in [0.25, 0.3) is 0 Å². The molecule has 6 heteroatoms. The number of benzene rings is 2. The minimum atomic E-state index is -4.62. The Kier molecular flexibility index (Phi) is 5.37. The highest BCUT2D eigenvalue weighted by Crippen LogP contribution is 2.46. The largest absolute Gasteiger partial charge is 0.493 e. The van der Waals surface area contributed by atoms with Crippen LogP contribution in [0.3, 0.4) is 0 Å². The predicted octanol–water partition coefficient (Wildman–Crippen LogP) is 3.48. The molecular formula is C16H19O5P. The highest BCUT2D eigenvalue weighted by Gasteiger charge is 2.35. The van der Waals surface area contributed by atoms with Gasteiger partial charge in [0.15, 0.2) is 0 Å². The van der Waals surface area contributed by atoms with E-state index in [2.05, 4.69) is 0 Å². The van der Waals surface area contributed by atoms with Crippen molar-refractivity contribution in [2.24, 2.45) is 0 Å². The zero-order valence-corrected chi connectivity index (χ0v) is 13.1. The van der Waals surface area contributed by atoms with Crippen molar-refractivity contribution in [3.8, 4) is 5.75 Å². The molecule has 0 aliphatic heterocycles. The third-order valence-corrected chi connectivity index (χ3v) is 3.94. The second kappa shape index (κ2) is 7.07. The predicted molar refractivity (Wildman–Crippen MR) is 83.5 cm³/mol. The average Bonchev–Trinajstić information content (AvgIpc) is 2.47. The summed E-state index contributed by atoms with van der Waals surface area (Å²) in [6.45, 7) is 1.92. The first-order valence-corrected chi connectivity index (χ1v) is 8.42. The maximum Gasteiger partial charge on any atom is 0.470 e. The van der Waals surface area contributed by atoms with Gasteiger partial charge in [0.1, 0.15) is 11.4 Å². The minimum absolute atomic E-state index is 0.273. The second-order valence-corrected chi connectivity index (χ2v) is 6.25. The zero-order chi connectivity index (χ0) is 16.1. The fraction of sp³-hybridized carbons (Fsp3) is 0.250. The Bertz CT molecular complexity index is 625. The standard InChI is InChI=1S/C16H19O5P/c1-16(21-22(17,18)19,14-8-4-2-5-9-14)12-13-20-15-10-6-3-7-11-15/h2-11H,12-13H2,1H3,(H2,17,18,19). The molecule has 0 aliphatic carbocycles. The fourth-order valence-corrected chi connectivity index (χ4v) is 2.90. The quantitative estimate of drug-likeness (QED) is 0.763. The Morgan fingerprint density at radius 3 is 2.09 bits per heavy atom. The van der Waals surface area contributed by atoms with Crippen molar-refractivity contribution in [1.82, 2.24) is 0 Å². The first kappa shape index (κ1) is 16.7. The van der Waals surface area contributed by atoms with Crippen LogP contribution in [0.5, 0.6) is 5.75 Å². The number of hydrogen-bond acceptors (Lipinski definition) is 3. The van der Waals surface area contributed by atoms with E-state index in [9.17, 15) is 14.4 Å². The molecule has 5 nitrogen and oxygen atoms in total. The van der Waals surface area contributed by atoms with Gasteiger partial charge in [0.2, 0.25) is 0 Å². The Balaban J connectivity index is 2.10. The van der Waals surface area contributed by atoms with Gasteiger partial charge in [-0.25, -0.2) is 4.57 Å². The maximum atomic E-state index is 11.3. The third kappa shape index (κ3) is 4.97. The van der Waals surface area contributed by atoms with Gasteiger partial charge in [-0.15, -0.1) is 0 Å². The molecule has 0 aliphatic rings. The first-order valence-electron chi connectivity index (χ1n) is 6.89. The lowest BCUT2D eigenvalue weighted by atomic mass is 9.93. The van der Waals surface area contributed by atoms with Crippen molar-refractivity contribution < 1.29 is 23.6 Å². The number of phosphoric ester groups is 1. The number of hydrogen-bond donors (Lipinski definition) is 2. The molecule has 2 rings (SSSR count). The van der Waals surface area contributed by atoms with Gasteiger partial charge < -0.3 is 14.5 Å². The lowest BCUT2D eigenvalue weighted by molar-refractivity contribution is 0.0278. The molecule has 2 aromatic rings. The molecule has 0 spiro atoms. The summed E-state index contributed by atoms with van der Waals surface area (Å²) in [5.41, 5.74) is -0.440. The first-order chi connectivity index (χ1) is 10.4. The Morgan fingerprint density at radius 1 is 1.00 bits per heavy atom. The molecule has 0 fully saturated rings. The number of ether oxygens (including phenoxy) is 1. The molecule has 0 saturated heterocycles. The van der Waals surface area contributed by atoms with Gasteiger partial charge >= 0.3 is 7.82 Å². The molecule has 1 atom stereocenters. The lowest BCUT2D eigenvalue weighted by Crippen LogP contribution is -2.27. The van der Waals surface area contributed by atoms with E-state index in [1.807, 2.05) is 36.4 Å². The monoisotopic (exact) mass is 322 g/mol. The molecule has 22 heavy (non-hydrogen) atoms. The van der Waals surface area contributed by atoms with Gasteiger partial charge in [-0.05, 0) is 24.6 Å². The summed E-state index contributed by atoms with van der Waals surface area (Å²) in [7, 11) is -4.62. The summed E-state index contributed by atoms with van der Waals surface area (Å²) in [5.74, 6) is 0.703. The van der Waals surface area contributed by atoms with Crippen LogP contribution in [0.1, 0.15) is 18.9 Å². The SMILES string of the molecule is CC(CCOc1ccccc1)(OP(=O)(O)O)c1ccccc1. The Labute approximate surface area is 129 Å².